The van der Waals surface area contributed by atoms with Gasteiger partial charge in [-0.1, -0.05) is 56.1 Å². The number of piperidine rings is 2. The summed E-state index contributed by atoms with van der Waals surface area (Å²) in [6, 6.07) is 19.4. The molecule has 4 aliphatic rings. The van der Waals surface area contributed by atoms with Crippen molar-refractivity contribution in [3.8, 4) is 0 Å². The van der Waals surface area contributed by atoms with Crippen LogP contribution >= 0.6 is 44.3 Å². The smallest absolute Gasteiger partial charge is 0.410 e. The number of hydrogen-bond donors (Lipinski definition) is 1. The minimum Gasteiger partial charge on any atom is -0.444 e. The number of likely N-dealkylation sites (tertiary alicyclic amines) is 1. The molecule has 11 heteroatoms. The third-order valence-corrected chi connectivity index (χ3v) is 11.2. The first-order valence-corrected chi connectivity index (χ1v) is 19.9. The Balaban J connectivity index is 0.000000229. The third-order valence-electron chi connectivity index (χ3n) is 10.2. The Morgan fingerprint density at radius 1 is 0.760 bits per heavy atom. The highest BCUT2D eigenvalue weighted by molar-refractivity contribution is 9.10. The molecule has 0 spiro atoms. The van der Waals surface area contributed by atoms with Gasteiger partial charge in [0.25, 0.3) is 0 Å². The average Bonchev–Trinajstić information content (AvgIpc) is 3.08. The first-order chi connectivity index (χ1) is 23.4. The second-order valence-corrected chi connectivity index (χ2v) is 17.2. The molecule has 8 nitrogen and oxygen atoms in total. The van der Waals surface area contributed by atoms with Crippen LogP contribution in [0.25, 0.3) is 0 Å². The van der Waals surface area contributed by atoms with E-state index in [4.69, 9.17) is 14.2 Å². The molecule has 0 saturated carbocycles. The van der Waals surface area contributed by atoms with Gasteiger partial charge in [-0.05, 0) is 122 Å². The molecule has 4 fully saturated rings. The molecule has 4 aliphatic heterocycles. The van der Waals surface area contributed by atoms with E-state index in [-0.39, 0.29) is 24.6 Å². The van der Waals surface area contributed by atoms with Crippen LogP contribution in [0.1, 0.15) is 71.4 Å². The van der Waals surface area contributed by atoms with Crippen molar-refractivity contribution in [1.82, 2.24) is 20.0 Å². The number of halogens is 3. The minimum absolute atomic E-state index is 0. The summed E-state index contributed by atoms with van der Waals surface area (Å²) in [5.41, 5.74) is 2.30. The van der Waals surface area contributed by atoms with Gasteiger partial charge in [0, 0.05) is 59.3 Å². The predicted octanol–water partition coefficient (Wildman–Crippen LogP) is 7.74. The molecule has 4 heterocycles. The van der Waals surface area contributed by atoms with Gasteiger partial charge in [0.2, 0.25) is 0 Å². The maximum atomic E-state index is 12.3. The quantitative estimate of drug-likeness (QED) is 0.320. The molecule has 0 aromatic heterocycles. The van der Waals surface area contributed by atoms with E-state index in [0.717, 1.165) is 93.2 Å². The molecule has 2 aromatic rings. The molecule has 0 radical (unpaired) electrons. The van der Waals surface area contributed by atoms with Crippen LogP contribution in [-0.4, -0.2) is 115 Å². The highest BCUT2D eigenvalue weighted by atomic mass is 79.9. The lowest BCUT2D eigenvalue weighted by Gasteiger charge is -2.46. The summed E-state index contributed by atoms with van der Waals surface area (Å²) in [5.74, 6) is 0. The summed E-state index contributed by atoms with van der Waals surface area (Å²) in [6.07, 6.45) is 7.02. The highest BCUT2D eigenvalue weighted by Gasteiger charge is 2.36. The van der Waals surface area contributed by atoms with Crippen molar-refractivity contribution >= 4 is 50.4 Å². The van der Waals surface area contributed by atoms with Crippen LogP contribution in [0.15, 0.2) is 57.5 Å². The van der Waals surface area contributed by atoms with Gasteiger partial charge >= 0.3 is 6.09 Å². The summed E-state index contributed by atoms with van der Waals surface area (Å²) in [5, 5.41) is 3.47. The summed E-state index contributed by atoms with van der Waals surface area (Å²) >= 11 is 7.02. The number of nitrogens with one attached hydrogen (secondary N) is 1. The van der Waals surface area contributed by atoms with Gasteiger partial charge in [0.1, 0.15) is 5.60 Å². The SMILES string of the molecule is C[C@H]1CN(C2CCN(C(=O)OC(C)(C)C)CC2)[C@@H](Cc2ccc(Br)cc2)CO1.C[C@H]1CN(C2CCNCC2)[C@@H](Cc2ccc(Br)cc2)CO1.Cl. The first-order valence-electron chi connectivity index (χ1n) is 18.4. The summed E-state index contributed by atoms with van der Waals surface area (Å²) < 4.78 is 19.7. The Hall–Kier alpha value is -1.24. The largest absolute Gasteiger partial charge is 0.444 e. The van der Waals surface area contributed by atoms with Gasteiger partial charge in [-0.3, -0.25) is 9.80 Å². The Labute approximate surface area is 324 Å². The van der Waals surface area contributed by atoms with Gasteiger partial charge in [-0.15, -0.1) is 12.4 Å². The van der Waals surface area contributed by atoms with Crippen molar-refractivity contribution in [2.24, 2.45) is 0 Å². The van der Waals surface area contributed by atoms with Gasteiger partial charge in [0.05, 0.1) is 25.4 Å². The standard InChI is InChI=1S/C22H33BrN2O3.C17H25BrN2O.ClH/c1-16-14-25(20(15-27-16)13-17-5-7-18(23)8-6-17)19-9-11-24(12-10-19)21(26)28-22(2,3)4;1-13-11-20(16-6-8-19-9-7-16)17(12-21-13)10-14-2-4-15(18)5-3-14;/h5-8,16,19-20H,9-15H2,1-4H3;2-5,13,16-17,19H,6-12H2,1H3;1H/t16-,20-;13-,17-;/m00./s1. The molecule has 0 aliphatic carbocycles. The molecule has 1 N–H and O–H groups in total. The number of carbonyl (C=O) groups excluding carboxylic acids is 1. The molecule has 4 saturated heterocycles. The average molecular weight is 843 g/mol. The number of rotatable bonds is 6. The van der Waals surface area contributed by atoms with Gasteiger partial charge < -0.3 is 24.4 Å². The molecule has 1 amide bonds. The van der Waals surface area contributed by atoms with Crippen molar-refractivity contribution in [2.45, 2.75) is 115 Å². The molecule has 0 bridgehead atoms. The van der Waals surface area contributed by atoms with E-state index in [1.54, 1.807) is 0 Å². The molecule has 2 aromatic carbocycles. The van der Waals surface area contributed by atoms with E-state index < -0.39 is 5.60 Å². The second-order valence-electron chi connectivity index (χ2n) is 15.3. The van der Waals surface area contributed by atoms with Crippen molar-refractivity contribution in [3.63, 3.8) is 0 Å². The number of morpholine rings is 2. The molecular formula is C39H59Br2ClN4O4. The van der Waals surface area contributed by atoms with E-state index in [1.165, 1.54) is 24.0 Å². The third kappa shape index (κ3) is 12.7. The first kappa shape index (κ1) is 41.5. The van der Waals surface area contributed by atoms with Crippen molar-refractivity contribution in [2.75, 3.05) is 52.5 Å². The van der Waals surface area contributed by atoms with E-state index in [2.05, 4.69) is 109 Å². The molecule has 280 valence electrons. The molecule has 50 heavy (non-hydrogen) atoms. The van der Waals surface area contributed by atoms with Gasteiger partial charge in [-0.2, -0.15) is 0 Å². The lowest BCUT2D eigenvalue weighted by molar-refractivity contribution is -0.0799. The maximum Gasteiger partial charge on any atom is 0.410 e. The van der Waals surface area contributed by atoms with Gasteiger partial charge in [-0.25, -0.2) is 4.79 Å². The number of nitrogens with zero attached hydrogens (tertiary/aromatic N) is 3. The zero-order valence-corrected chi connectivity index (χ0v) is 34.6. The van der Waals surface area contributed by atoms with Crippen LogP contribution in [0.5, 0.6) is 0 Å². The number of ether oxygens (including phenoxy) is 3. The fourth-order valence-corrected chi connectivity index (χ4v) is 8.14. The number of carbonyl (C=O) groups is 1. The van der Waals surface area contributed by atoms with E-state index >= 15 is 0 Å². The Morgan fingerprint density at radius 3 is 1.60 bits per heavy atom. The molecule has 6 rings (SSSR count). The van der Waals surface area contributed by atoms with E-state index in [0.29, 0.717) is 24.2 Å². The van der Waals surface area contributed by atoms with Crippen LogP contribution in [0, 0.1) is 0 Å². The second kappa shape index (κ2) is 19.7. The molecule has 0 unspecified atom stereocenters. The summed E-state index contributed by atoms with van der Waals surface area (Å²) in [4.78, 5) is 19.6. The van der Waals surface area contributed by atoms with Crippen LogP contribution in [0.4, 0.5) is 4.79 Å². The van der Waals surface area contributed by atoms with Crippen LogP contribution < -0.4 is 5.32 Å². The molecular weight excluding hydrogens is 784 g/mol. The minimum atomic E-state index is -0.441. The van der Waals surface area contributed by atoms with E-state index in [1.807, 2.05) is 25.7 Å². The number of hydrogen-bond acceptors (Lipinski definition) is 7. The van der Waals surface area contributed by atoms with Crippen LogP contribution in [-0.2, 0) is 27.1 Å². The Bertz CT molecular complexity index is 1300. The molecule has 4 atom stereocenters. The van der Waals surface area contributed by atoms with Crippen molar-refractivity contribution in [1.29, 1.82) is 0 Å². The maximum absolute atomic E-state index is 12.3. The fourth-order valence-electron chi connectivity index (χ4n) is 7.62. The Kier molecular flexibility index (Phi) is 16.4. The highest BCUT2D eigenvalue weighted by Crippen LogP contribution is 2.27. The normalized spacial score (nSPS) is 26.0. The van der Waals surface area contributed by atoms with Gasteiger partial charge in [0.15, 0.2) is 0 Å². The van der Waals surface area contributed by atoms with Crippen LogP contribution in [0.2, 0.25) is 0 Å². The lowest BCUT2D eigenvalue weighted by atomic mass is 9.96. The van der Waals surface area contributed by atoms with Crippen molar-refractivity contribution in [3.05, 3.63) is 68.6 Å². The zero-order valence-electron chi connectivity index (χ0n) is 30.6. The zero-order chi connectivity index (χ0) is 35.0. The number of amides is 1. The van der Waals surface area contributed by atoms with Crippen LogP contribution in [0.3, 0.4) is 0 Å². The summed E-state index contributed by atoms with van der Waals surface area (Å²) in [6.45, 7) is 17.6. The fraction of sp³-hybridized carbons (Fsp3) is 0.667. The predicted molar refractivity (Wildman–Crippen MR) is 211 cm³/mol. The van der Waals surface area contributed by atoms with E-state index in [9.17, 15) is 4.79 Å². The topological polar surface area (TPSA) is 66.5 Å². The number of benzene rings is 2. The monoisotopic (exact) mass is 840 g/mol. The Morgan fingerprint density at radius 2 is 1.18 bits per heavy atom. The lowest BCUT2D eigenvalue weighted by Crippen LogP contribution is -2.57. The summed E-state index contributed by atoms with van der Waals surface area (Å²) in [7, 11) is 0. The van der Waals surface area contributed by atoms with Crippen molar-refractivity contribution < 1.29 is 19.0 Å².